The van der Waals surface area contributed by atoms with Crippen molar-refractivity contribution in [3.05, 3.63) is 29.8 Å². The van der Waals surface area contributed by atoms with Gasteiger partial charge in [0.15, 0.2) is 0 Å². The highest BCUT2D eigenvalue weighted by Crippen LogP contribution is 2.12. The van der Waals surface area contributed by atoms with Gasteiger partial charge in [0.25, 0.3) is 0 Å². The first-order chi connectivity index (χ1) is 8.80. The Morgan fingerprint density at radius 1 is 1.28 bits per heavy atom. The van der Waals surface area contributed by atoms with Crippen molar-refractivity contribution < 1.29 is 4.74 Å². The molecule has 98 valence electrons. The highest BCUT2D eigenvalue weighted by atomic mass is 16.5. The Labute approximate surface area is 110 Å². The van der Waals surface area contributed by atoms with E-state index in [1.165, 1.54) is 12.8 Å². The molecule has 0 N–H and O–H groups in total. The Morgan fingerprint density at radius 3 is 2.78 bits per heavy atom. The Balaban J connectivity index is 2.33. The Hall–Kier alpha value is -1.53. The van der Waals surface area contributed by atoms with E-state index in [-0.39, 0.29) is 0 Å². The Kier molecular flexibility index (Phi) is 6.90. The van der Waals surface area contributed by atoms with Crippen LogP contribution in [0, 0.1) is 11.3 Å². The third-order valence-electron chi connectivity index (χ3n) is 2.91. The standard InChI is InChI=1S/C15H22N2O/c1-3-5-9-17(4-2)10-11-18-15-8-6-7-14(12-15)13-16/h6-8,12H,3-5,9-11H2,1-2H3. The molecule has 18 heavy (non-hydrogen) atoms. The summed E-state index contributed by atoms with van der Waals surface area (Å²) >= 11 is 0. The fraction of sp³-hybridized carbons (Fsp3) is 0.533. The van der Waals surface area contributed by atoms with Gasteiger partial charge in [-0.15, -0.1) is 0 Å². The van der Waals surface area contributed by atoms with Gasteiger partial charge in [-0.1, -0.05) is 26.3 Å². The topological polar surface area (TPSA) is 36.3 Å². The zero-order valence-electron chi connectivity index (χ0n) is 11.4. The lowest BCUT2D eigenvalue weighted by Crippen LogP contribution is -2.29. The molecule has 0 atom stereocenters. The fourth-order valence-corrected chi connectivity index (χ4v) is 1.76. The summed E-state index contributed by atoms with van der Waals surface area (Å²) in [5.74, 6) is 0.778. The number of hydrogen-bond donors (Lipinski definition) is 0. The first-order valence-electron chi connectivity index (χ1n) is 6.65. The summed E-state index contributed by atoms with van der Waals surface area (Å²) in [6, 6.07) is 9.42. The molecule has 0 bridgehead atoms. The quantitative estimate of drug-likeness (QED) is 0.707. The second-order valence-corrected chi connectivity index (χ2v) is 4.28. The minimum Gasteiger partial charge on any atom is -0.492 e. The molecule has 0 fully saturated rings. The van der Waals surface area contributed by atoms with Crippen LogP contribution in [0.15, 0.2) is 24.3 Å². The predicted molar refractivity (Wildman–Crippen MR) is 73.7 cm³/mol. The van der Waals surface area contributed by atoms with Crippen molar-refractivity contribution in [2.75, 3.05) is 26.2 Å². The lowest BCUT2D eigenvalue weighted by atomic mass is 10.2. The van der Waals surface area contributed by atoms with Crippen LogP contribution in [0.2, 0.25) is 0 Å². The van der Waals surface area contributed by atoms with Crippen molar-refractivity contribution in [2.45, 2.75) is 26.7 Å². The van der Waals surface area contributed by atoms with Crippen LogP contribution in [0.1, 0.15) is 32.3 Å². The van der Waals surface area contributed by atoms with E-state index in [1.54, 1.807) is 12.1 Å². The maximum Gasteiger partial charge on any atom is 0.120 e. The number of rotatable bonds is 8. The van der Waals surface area contributed by atoms with Gasteiger partial charge >= 0.3 is 0 Å². The van der Waals surface area contributed by atoms with E-state index in [4.69, 9.17) is 10.00 Å². The third-order valence-corrected chi connectivity index (χ3v) is 2.91. The van der Waals surface area contributed by atoms with Crippen LogP contribution in [-0.4, -0.2) is 31.1 Å². The summed E-state index contributed by atoms with van der Waals surface area (Å²) in [5.41, 5.74) is 0.644. The molecule has 0 saturated heterocycles. The SMILES string of the molecule is CCCCN(CC)CCOc1cccc(C#N)c1. The van der Waals surface area contributed by atoms with Crippen LogP contribution in [0.4, 0.5) is 0 Å². The van der Waals surface area contributed by atoms with Crippen LogP contribution < -0.4 is 4.74 Å². The maximum absolute atomic E-state index is 8.80. The van der Waals surface area contributed by atoms with Crippen molar-refractivity contribution >= 4 is 0 Å². The van der Waals surface area contributed by atoms with Crippen molar-refractivity contribution in [3.8, 4) is 11.8 Å². The molecule has 0 spiro atoms. The predicted octanol–water partition coefficient (Wildman–Crippen LogP) is 3.06. The Morgan fingerprint density at radius 2 is 2.11 bits per heavy atom. The van der Waals surface area contributed by atoms with Gasteiger partial charge in [0.2, 0.25) is 0 Å². The second-order valence-electron chi connectivity index (χ2n) is 4.28. The van der Waals surface area contributed by atoms with Crippen LogP contribution in [0.3, 0.4) is 0 Å². The van der Waals surface area contributed by atoms with Crippen molar-refractivity contribution in [3.63, 3.8) is 0 Å². The monoisotopic (exact) mass is 246 g/mol. The van der Waals surface area contributed by atoms with Crippen LogP contribution >= 0.6 is 0 Å². The smallest absolute Gasteiger partial charge is 0.120 e. The van der Waals surface area contributed by atoms with Crippen LogP contribution in [0.25, 0.3) is 0 Å². The van der Waals surface area contributed by atoms with Crippen LogP contribution in [-0.2, 0) is 0 Å². The third kappa shape index (κ3) is 5.20. The highest BCUT2D eigenvalue weighted by Gasteiger charge is 2.02. The minimum atomic E-state index is 0.644. The molecule has 0 aromatic heterocycles. The normalized spacial score (nSPS) is 10.3. The van der Waals surface area contributed by atoms with E-state index in [0.29, 0.717) is 12.2 Å². The fourth-order valence-electron chi connectivity index (χ4n) is 1.76. The zero-order chi connectivity index (χ0) is 13.2. The average Bonchev–Trinajstić information content (AvgIpc) is 2.43. The summed E-state index contributed by atoms with van der Waals surface area (Å²) in [5, 5.41) is 8.80. The summed E-state index contributed by atoms with van der Waals surface area (Å²) in [7, 11) is 0. The van der Waals surface area contributed by atoms with Crippen molar-refractivity contribution in [1.82, 2.24) is 4.90 Å². The van der Waals surface area contributed by atoms with Crippen molar-refractivity contribution in [1.29, 1.82) is 5.26 Å². The van der Waals surface area contributed by atoms with Gasteiger partial charge < -0.3 is 9.64 Å². The number of ether oxygens (including phenoxy) is 1. The average molecular weight is 246 g/mol. The molecule has 3 heteroatoms. The highest BCUT2D eigenvalue weighted by molar-refractivity contribution is 5.36. The summed E-state index contributed by atoms with van der Waals surface area (Å²) in [6.45, 7) is 8.18. The van der Waals surface area contributed by atoms with E-state index < -0.39 is 0 Å². The maximum atomic E-state index is 8.80. The van der Waals surface area contributed by atoms with E-state index in [1.807, 2.05) is 12.1 Å². The van der Waals surface area contributed by atoms with Gasteiger partial charge in [-0.25, -0.2) is 0 Å². The summed E-state index contributed by atoms with van der Waals surface area (Å²) < 4.78 is 5.67. The molecular formula is C15H22N2O. The molecule has 0 aliphatic heterocycles. The number of unbranched alkanes of at least 4 members (excludes halogenated alkanes) is 1. The Bertz CT molecular complexity index is 384. The minimum absolute atomic E-state index is 0.644. The van der Waals surface area contributed by atoms with Gasteiger partial charge in [-0.2, -0.15) is 5.26 Å². The zero-order valence-corrected chi connectivity index (χ0v) is 11.4. The van der Waals surface area contributed by atoms with Crippen LogP contribution in [0.5, 0.6) is 5.75 Å². The lowest BCUT2D eigenvalue weighted by molar-refractivity contribution is 0.213. The number of likely N-dealkylation sites (N-methyl/N-ethyl adjacent to an activating group) is 1. The number of benzene rings is 1. The van der Waals surface area contributed by atoms with Crippen molar-refractivity contribution in [2.24, 2.45) is 0 Å². The van der Waals surface area contributed by atoms with E-state index >= 15 is 0 Å². The first kappa shape index (κ1) is 14.5. The first-order valence-corrected chi connectivity index (χ1v) is 6.65. The van der Waals surface area contributed by atoms with E-state index in [9.17, 15) is 0 Å². The van der Waals surface area contributed by atoms with E-state index in [0.717, 1.165) is 25.4 Å². The van der Waals surface area contributed by atoms with Gasteiger partial charge in [0, 0.05) is 6.54 Å². The lowest BCUT2D eigenvalue weighted by Gasteiger charge is -2.20. The molecule has 0 aliphatic rings. The number of nitriles is 1. The molecule has 0 radical (unpaired) electrons. The summed E-state index contributed by atoms with van der Waals surface area (Å²) in [4.78, 5) is 2.39. The van der Waals surface area contributed by atoms with E-state index in [2.05, 4.69) is 24.8 Å². The largest absolute Gasteiger partial charge is 0.492 e. The van der Waals surface area contributed by atoms with Gasteiger partial charge in [-0.3, -0.25) is 0 Å². The molecule has 1 rings (SSSR count). The summed E-state index contributed by atoms with van der Waals surface area (Å²) in [6.07, 6.45) is 2.46. The molecule has 0 aliphatic carbocycles. The van der Waals surface area contributed by atoms with Gasteiger partial charge in [0.05, 0.1) is 11.6 Å². The molecular weight excluding hydrogens is 224 g/mol. The van der Waals surface area contributed by atoms with Gasteiger partial charge in [0.1, 0.15) is 12.4 Å². The molecule has 0 saturated carbocycles. The molecule has 1 aromatic rings. The molecule has 0 unspecified atom stereocenters. The molecule has 0 heterocycles. The molecule has 1 aromatic carbocycles. The number of nitrogens with zero attached hydrogens (tertiary/aromatic N) is 2. The molecule has 0 amide bonds. The number of hydrogen-bond acceptors (Lipinski definition) is 3. The van der Waals surface area contributed by atoms with Gasteiger partial charge in [-0.05, 0) is 37.7 Å². The molecule has 3 nitrogen and oxygen atoms in total. The second kappa shape index (κ2) is 8.54.